The van der Waals surface area contributed by atoms with E-state index in [9.17, 15) is 9.59 Å². The van der Waals surface area contributed by atoms with Crippen LogP contribution in [0, 0.1) is 0 Å². The first-order valence-electron chi connectivity index (χ1n) is 7.52. The fraction of sp³-hybridized carbons (Fsp3) is 0.0500. The normalized spacial score (nSPS) is 9.12. The average Bonchev–Trinajstić information content (AvgIpc) is 2.62. The number of carbonyl (C=O) groups is 3. The molecule has 0 unspecified atom stereocenters. The number of hydrogen-bond donors (Lipinski definition) is 3. The van der Waals surface area contributed by atoms with Crippen LogP contribution in [0.4, 0.5) is 0 Å². The topological polar surface area (TPSA) is 112 Å². The third-order valence-electron chi connectivity index (χ3n) is 3.05. The van der Waals surface area contributed by atoms with E-state index in [1.165, 1.54) is 35.0 Å². The van der Waals surface area contributed by atoms with Gasteiger partial charge < -0.3 is 15.3 Å². The highest BCUT2D eigenvalue weighted by molar-refractivity contribution is 6.01. The Hall–Kier alpha value is -3.67. The Morgan fingerprint density at radius 3 is 1.04 bits per heavy atom. The third-order valence-corrected chi connectivity index (χ3v) is 3.05. The number of carboxylic acid groups (broad SMARTS) is 3. The minimum Gasteiger partial charge on any atom is -0.481 e. The van der Waals surface area contributed by atoms with Gasteiger partial charge in [-0.3, -0.25) is 4.79 Å². The van der Waals surface area contributed by atoms with Gasteiger partial charge in [-0.2, -0.15) is 0 Å². The average molecular weight is 354 g/mol. The van der Waals surface area contributed by atoms with Crippen LogP contribution in [0.5, 0.6) is 0 Å². The number of carboxylic acids is 3. The molecular formula is C20H18O6. The van der Waals surface area contributed by atoms with Crippen molar-refractivity contribution in [3.8, 4) is 0 Å². The smallest absolute Gasteiger partial charge is 0.336 e. The van der Waals surface area contributed by atoms with Crippen molar-refractivity contribution < 1.29 is 29.7 Å². The maximum Gasteiger partial charge on any atom is 0.336 e. The van der Waals surface area contributed by atoms with Crippen LogP contribution in [-0.4, -0.2) is 33.2 Å². The standard InChI is InChI=1S/C10H8.C8H6O4.C2H4O2/c1-2-6-10-8-4-3-7-9(10)5-1;9-7(10)5-3-1-2-4-6(5)8(11)12;1-2(3)4/h1-8H;1-4H,(H,9,10)(H,11,12);1H3,(H,3,4). The van der Waals surface area contributed by atoms with Crippen LogP contribution in [0.15, 0.2) is 72.8 Å². The minimum absolute atomic E-state index is 0.190. The van der Waals surface area contributed by atoms with Gasteiger partial charge in [0.25, 0.3) is 5.97 Å². The van der Waals surface area contributed by atoms with Crippen molar-refractivity contribution in [3.05, 3.63) is 83.9 Å². The molecule has 0 heterocycles. The summed E-state index contributed by atoms with van der Waals surface area (Å²) in [5, 5.41) is 27.1. The van der Waals surface area contributed by atoms with E-state index in [0.29, 0.717) is 0 Å². The fourth-order valence-electron chi connectivity index (χ4n) is 1.99. The Morgan fingerprint density at radius 2 is 0.808 bits per heavy atom. The van der Waals surface area contributed by atoms with E-state index in [1.807, 2.05) is 0 Å². The summed E-state index contributed by atoms with van der Waals surface area (Å²) in [7, 11) is 0. The number of benzene rings is 3. The molecule has 6 heteroatoms. The predicted molar refractivity (Wildman–Crippen MR) is 97.6 cm³/mol. The highest BCUT2D eigenvalue weighted by Crippen LogP contribution is 2.11. The van der Waals surface area contributed by atoms with Gasteiger partial charge in [0.2, 0.25) is 0 Å². The zero-order valence-corrected chi connectivity index (χ0v) is 14.0. The van der Waals surface area contributed by atoms with Gasteiger partial charge in [0, 0.05) is 6.92 Å². The Balaban J connectivity index is 0.000000219. The number of fused-ring (bicyclic) bond motifs is 1. The number of rotatable bonds is 2. The molecule has 3 aromatic carbocycles. The lowest BCUT2D eigenvalue weighted by Crippen LogP contribution is -2.06. The fourth-order valence-corrected chi connectivity index (χ4v) is 1.99. The molecule has 0 fully saturated rings. The van der Waals surface area contributed by atoms with E-state index in [0.717, 1.165) is 6.92 Å². The molecule has 134 valence electrons. The lowest BCUT2D eigenvalue weighted by Gasteiger charge is -1.98. The quantitative estimate of drug-likeness (QED) is 0.641. The van der Waals surface area contributed by atoms with Crippen molar-refractivity contribution in [2.45, 2.75) is 6.92 Å². The molecule has 0 aliphatic carbocycles. The molecule has 3 N–H and O–H groups in total. The summed E-state index contributed by atoms with van der Waals surface area (Å²) < 4.78 is 0. The third kappa shape index (κ3) is 6.84. The summed E-state index contributed by atoms with van der Waals surface area (Å²) in [5.41, 5.74) is -0.380. The number of hydrogen-bond acceptors (Lipinski definition) is 3. The van der Waals surface area contributed by atoms with Crippen LogP contribution < -0.4 is 0 Å². The zero-order chi connectivity index (χ0) is 19.5. The van der Waals surface area contributed by atoms with Crippen molar-refractivity contribution in [1.82, 2.24) is 0 Å². The Bertz CT molecular complexity index is 799. The summed E-state index contributed by atoms with van der Waals surface area (Å²) >= 11 is 0. The predicted octanol–water partition coefficient (Wildman–Crippen LogP) is 4.01. The van der Waals surface area contributed by atoms with Crippen LogP contribution in [0.1, 0.15) is 27.6 Å². The molecule has 0 radical (unpaired) electrons. The van der Waals surface area contributed by atoms with Crippen LogP contribution in [-0.2, 0) is 4.79 Å². The molecule has 6 nitrogen and oxygen atoms in total. The summed E-state index contributed by atoms with van der Waals surface area (Å²) in [6.07, 6.45) is 0. The first-order chi connectivity index (χ1) is 12.3. The van der Waals surface area contributed by atoms with Crippen LogP contribution >= 0.6 is 0 Å². The monoisotopic (exact) mass is 354 g/mol. The maximum atomic E-state index is 10.5. The minimum atomic E-state index is -1.23. The maximum absolute atomic E-state index is 10.5. The molecular weight excluding hydrogens is 336 g/mol. The molecule has 0 aliphatic rings. The van der Waals surface area contributed by atoms with Crippen molar-refractivity contribution in [2.24, 2.45) is 0 Å². The van der Waals surface area contributed by atoms with E-state index in [-0.39, 0.29) is 11.1 Å². The van der Waals surface area contributed by atoms with Crippen LogP contribution in [0.25, 0.3) is 10.8 Å². The Labute approximate surface area is 150 Å². The molecule has 0 spiro atoms. The largest absolute Gasteiger partial charge is 0.481 e. The Kier molecular flexibility index (Phi) is 8.03. The Morgan fingerprint density at radius 1 is 0.577 bits per heavy atom. The summed E-state index contributed by atoms with van der Waals surface area (Å²) in [5.74, 6) is -3.29. The van der Waals surface area contributed by atoms with Crippen LogP contribution in [0.2, 0.25) is 0 Å². The first-order valence-corrected chi connectivity index (χ1v) is 7.52. The van der Waals surface area contributed by atoms with E-state index in [2.05, 4.69) is 48.5 Å². The number of aliphatic carboxylic acids is 1. The van der Waals surface area contributed by atoms with Gasteiger partial charge >= 0.3 is 11.9 Å². The van der Waals surface area contributed by atoms with Gasteiger partial charge in [0.1, 0.15) is 0 Å². The van der Waals surface area contributed by atoms with Gasteiger partial charge in [0.15, 0.2) is 0 Å². The van der Waals surface area contributed by atoms with Gasteiger partial charge in [-0.05, 0) is 22.9 Å². The molecule has 0 aliphatic heterocycles. The molecule has 0 bridgehead atoms. The molecule has 26 heavy (non-hydrogen) atoms. The van der Waals surface area contributed by atoms with E-state index in [4.69, 9.17) is 20.1 Å². The highest BCUT2D eigenvalue weighted by atomic mass is 16.4. The van der Waals surface area contributed by atoms with Gasteiger partial charge in [-0.25, -0.2) is 9.59 Å². The molecule has 3 rings (SSSR count). The van der Waals surface area contributed by atoms with Crippen molar-refractivity contribution in [3.63, 3.8) is 0 Å². The first kappa shape index (κ1) is 20.4. The second-order valence-corrected chi connectivity index (χ2v) is 5.02. The molecule has 0 saturated heterocycles. The zero-order valence-electron chi connectivity index (χ0n) is 14.0. The second kappa shape index (κ2) is 10.2. The second-order valence-electron chi connectivity index (χ2n) is 5.02. The summed E-state index contributed by atoms with van der Waals surface area (Å²) in [6.45, 7) is 1.08. The van der Waals surface area contributed by atoms with E-state index in [1.54, 1.807) is 0 Å². The lowest BCUT2D eigenvalue weighted by atomic mass is 10.1. The van der Waals surface area contributed by atoms with Crippen molar-refractivity contribution in [2.75, 3.05) is 0 Å². The number of aromatic carboxylic acids is 2. The van der Waals surface area contributed by atoms with Gasteiger partial charge in [-0.1, -0.05) is 60.7 Å². The molecule has 3 aromatic rings. The molecule has 0 saturated carbocycles. The van der Waals surface area contributed by atoms with Gasteiger partial charge in [0.05, 0.1) is 11.1 Å². The van der Waals surface area contributed by atoms with Crippen molar-refractivity contribution in [1.29, 1.82) is 0 Å². The lowest BCUT2D eigenvalue weighted by molar-refractivity contribution is -0.134. The van der Waals surface area contributed by atoms with Gasteiger partial charge in [-0.15, -0.1) is 0 Å². The summed E-state index contributed by atoms with van der Waals surface area (Å²) in [4.78, 5) is 29.9. The molecule has 0 atom stereocenters. The molecule has 0 aromatic heterocycles. The SMILES string of the molecule is CC(=O)O.O=C(O)c1ccccc1C(=O)O.c1ccc2ccccc2c1. The van der Waals surface area contributed by atoms with E-state index < -0.39 is 17.9 Å². The van der Waals surface area contributed by atoms with E-state index >= 15 is 0 Å². The molecule has 0 amide bonds. The van der Waals surface area contributed by atoms with Crippen molar-refractivity contribution >= 4 is 28.7 Å². The summed E-state index contributed by atoms with van der Waals surface area (Å²) in [6, 6.07) is 22.2. The van der Waals surface area contributed by atoms with Crippen LogP contribution in [0.3, 0.4) is 0 Å². The highest BCUT2D eigenvalue weighted by Gasteiger charge is 2.13.